The van der Waals surface area contributed by atoms with E-state index >= 15 is 0 Å². The Hall–Kier alpha value is -1.44. The smallest absolute Gasteiger partial charge is 0.382 e. The van der Waals surface area contributed by atoms with Crippen molar-refractivity contribution in [2.75, 3.05) is 5.32 Å². The number of halogens is 6. The zero-order chi connectivity index (χ0) is 16.8. The summed E-state index contributed by atoms with van der Waals surface area (Å²) in [6, 6.07) is 2.71. The number of alkyl halides is 6. The third kappa shape index (κ3) is 2.76. The average molecular weight is 327 g/mol. The van der Waals surface area contributed by atoms with E-state index in [9.17, 15) is 31.4 Å². The molecule has 1 aromatic carbocycles. The fraction of sp³-hybridized carbons (Fsp3) is 0.571. The standard InChI is InChI=1S/C14H15F6NO/c1-8-3-2-4-9-7-10(5-6-11(9)21-8)12(22,13(15,16)17)14(18,19)20/h5-8,21-22H,2-4H2,1H3. The maximum Gasteiger partial charge on any atom is 0.430 e. The van der Waals surface area contributed by atoms with E-state index < -0.39 is 23.5 Å². The van der Waals surface area contributed by atoms with Gasteiger partial charge in [0.05, 0.1) is 0 Å². The molecule has 1 heterocycles. The van der Waals surface area contributed by atoms with Crippen molar-refractivity contribution in [3.8, 4) is 0 Å². The number of aryl methyl sites for hydroxylation is 1. The number of fused-ring (bicyclic) bond motifs is 1. The van der Waals surface area contributed by atoms with Gasteiger partial charge in [-0.25, -0.2) is 0 Å². The van der Waals surface area contributed by atoms with Crippen LogP contribution in [0.15, 0.2) is 18.2 Å². The molecular weight excluding hydrogens is 312 g/mol. The van der Waals surface area contributed by atoms with Crippen molar-refractivity contribution in [3.63, 3.8) is 0 Å². The number of aliphatic hydroxyl groups is 1. The second kappa shape index (κ2) is 5.33. The number of anilines is 1. The lowest BCUT2D eigenvalue weighted by molar-refractivity contribution is -0.376. The van der Waals surface area contributed by atoms with Crippen molar-refractivity contribution >= 4 is 5.69 Å². The summed E-state index contributed by atoms with van der Waals surface area (Å²) >= 11 is 0. The number of rotatable bonds is 1. The van der Waals surface area contributed by atoms with E-state index in [1.54, 1.807) is 0 Å². The maximum absolute atomic E-state index is 12.9. The first-order valence-electron chi connectivity index (χ1n) is 6.72. The lowest BCUT2D eigenvalue weighted by Crippen LogP contribution is -2.53. The Bertz CT molecular complexity index is 537. The highest BCUT2D eigenvalue weighted by Gasteiger charge is 2.71. The molecule has 0 saturated heterocycles. The van der Waals surface area contributed by atoms with Gasteiger partial charge in [-0.15, -0.1) is 0 Å². The van der Waals surface area contributed by atoms with Crippen LogP contribution in [0.4, 0.5) is 32.0 Å². The molecule has 0 amide bonds. The molecule has 2 N–H and O–H groups in total. The highest BCUT2D eigenvalue weighted by atomic mass is 19.4. The van der Waals surface area contributed by atoms with Crippen LogP contribution in [-0.4, -0.2) is 23.5 Å². The zero-order valence-electron chi connectivity index (χ0n) is 11.6. The molecule has 0 saturated carbocycles. The van der Waals surface area contributed by atoms with E-state index in [0.29, 0.717) is 30.2 Å². The Morgan fingerprint density at radius 3 is 2.23 bits per heavy atom. The number of hydrogen-bond donors (Lipinski definition) is 2. The van der Waals surface area contributed by atoms with Gasteiger partial charge in [0.25, 0.3) is 5.60 Å². The first-order valence-corrected chi connectivity index (χ1v) is 6.72. The topological polar surface area (TPSA) is 32.3 Å². The number of nitrogens with one attached hydrogen (secondary N) is 1. The van der Waals surface area contributed by atoms with E-state index in [2.05, 4.69) is 5.32 Å². The fourth-order valence-electron chi connectivity index (χ4n) is 2.59. The molecule has 0 radical (unpaired) electrons. The third-order valence-electron chi connectivity index (χ3n) is 3.83. The minimum Gasteiger partial charge on any atom is -0.382 e. The van der Waals surface area contributed by atoms with Crippen LogP contribution < -0.4 is 5.32 Å². The van der Waals surface area contributed by atoms with Crippen molar-refractivity contribution < 1.29 is 31.4 Å². The molecule has 0 fully saturated rings. The highest BCUT2D eigenvalue weighted by Crippen LogP contribution is 2.50. The van der Waals surface area contributed by atoms with E-state index in [0.717, 1.165) is 18.6 Å². The third-order valence-corrected chi connectivity index (χ3v) is 3.83. The Labute approximate surface area is 123 Å². The minimum absolute atomic E-state index is 0.0798. The zero-order valence-corrected chi connectivity index (χ0v) is 11.6. The second-order valence-electron chi connectivity index (χ2n) is 5.52. The molecule has 124 valence electrons. The molecule has 0 aromatic heterocycles. The van der Waals surface area contributed by atoms with E-state index in [1.165, 1.54) is 0 Å². The van der Waals surface area contributed by atoms with Gasteiger partial charge in [0.15, 0.2) is 0 Å². The Morgan fingerprint density at radius 1 is 1.09 bits per heavy atom. The van der Waals surface area contributed by atoms with Crippen molar-refractivity contribution in [1.82, 2.24) is 0 Å². The molecule has 2 rings (SSSR count). The molecule has 1 aromatic rings. The van der Waals surface area contributed by atoms with Gasteiger partial charge in [-0.2, -0.15) is 26.3 Å². The summed E-state index contributed by atoms with van der Waals surface area (Å²) in [6.07, 6.45) is -9.96. The summed E-state index contributed by atoms with van der Waals surface area (Å²) in [5, 5.41) is 12.4. The Kier molecular flexibility index (Phi) is 4.10. The normalized spacial score (nSPS) is 20.1. The molecule has 8 heteroatoms. The molecule has 0 spiro atoms. The van der Waals surface area contributed by atoms with E-state index in [-0.39, 0.29) is 6.04 Å². The monoisotopic (exact) mass is 327 g/mol. The Balaban J connectivity index is 2.54. The van der Waals surface area contributed by atoms with Crippen LogP contribution in [0.5, 0.6) is 0 Å². The quantitative estimate of drug-likeness (QED) is 0.760. The summed E-state index contributed by atoms with van der Waals surface area (Å²) in [5.41, 5.74) is -5.23. The predicted octanol–water partition coefficient (Wildman–Crippen LogP) is 4.14. The SMILES string of the molecule is CC1CCCc2cc(C(O)(C(F)(F)F)C(F)(F)F)ccc2N1. The summed E-state index contributed by atoms with van der Waals surface area (Å²) in [7, 11) is 0. The summed E-state index contributed by atoms with van der Waals surface area (Å²) < 4.78 is 77.2. The summed E-state index contributed by atoms with van der Waals surface area (Å²) in [5.74, 6) is 0. The average Bonchev–Trinajstić information content (AvgIpc) is 2.54. The molecule has 1 aliphatic rings. The van der Waals surface area contributed by atoms with Crippen molar-refractivity contribution in [2.45, 2.75) is 50.2 Å². The van der Waals surface area contributed by atoms with Gasteiger partial charge in [0.2, 0.25) is 0 Å². The van der Waals surface area contributed by atoms with Gasteiger partial charge in [0.1, 0.15) is 0 Å². The van der Waals surface area contributed by atoms with Crippen LogP contribution in [0.1, 0.15) is 30.9 Å². The fourth-order valence-corrected chi connectivity index (χ4v) is 2.59. The Morgan fingerprint density at radius 2 is 1.68 bits per heavy atom. The van der Waals surface area contributed by atoms with E-state index in [4.69, 9.17) is 0 Å². The van der Waals surface area contributed by atoms with Crippen LogP contribution in [0.2, 0.25) is 0 Å². The van der Waals surface area contributed by atoms with E-state index in [1.807, 2.05) is 6.92 Å². The molecular formula is C14H15F6NO. The molecule has 2 nitrogen and oxygen atoms in total. The van der Waals surface area contributed by atoms with Crippen molar-refractivity contribution in [2.24, 2.45) is 0 Å². The lowest BCUT2D eigenvalue weighted by Gasteiger charge is -2.33. The largest absolute Gasteiger partial charge is 0.430 e. The van der Waals surface area contributed by atoms with Gasteiger partial charge in [0, 0.05) is 17.3 Å². The molecule has 22 heavy (non-hydrogen) atoms. The second-order valence-corrected chi connectivity index (χ2v) is 5.52. The molecule has 0 aliphatic carbocycles. The minimum atomic E-state index is -5.86. The summed E-state index contributed by atoms with van der Waals surface area (Å²) in [6.45, 7) is 1.88. The summed E-state index contributed by atoms with van der Waals surface area (Å²) in [4.78, 5) is 0. The highest BCUT2D eigenvalue weighted by molar-refractivity contribution is 5.55. The lowest BCUT2D eigenvalue weighted by atomic mass is 9.90. The van der Waals surface area contributed by atoms with Gasteiger partial charge < -0.3 is 10.4 Å². The van der Waals surface area contributed by atoms with Gasteiger partial charge in [-0.3, -0.25) is 0 Å². The molecule has 1 aliphatic heterocycles. The van der Waals surface area contributed by atoms with Crippen LogP contribution in [0.25, 0.3) is 0 Å². The molecule has 0 bridgehead atoms. The van der Waals surface area contributed by atoms with Crippen LogP contribution >= 0.6 is 0 Å². The predicted molar refractivity (Wildman–Crippen MR) is 68.5 cm³/mol. The van der Waals surface area contributed by atoms with Crippen LogP contribution in [0.3, 0.4) is 0 Å². The van der Waals surface area contributed by atoms with Gasteiger partial charge >= 0.3 is 12.4 Å². The van der Waals surface area contributed by atoms with Crippen molar-refractivity contribution in [3.05, 3.63) is 29.3 Å². The first kappa shape index (κ1) is 16.9. The van der Waals surface area contributed by atoms with Crippen LogP contribution in [-0.2, 0) is 12.0 Å². The first-order chi connectivity index (χ1) is 9.97. The number of benzene rings is 1. The van der Waals surface area contributed by atoms with Gasteiger partial charge in [-0.05, 0) is 37.8 Å². The number of hydrogen-bond acceptors (Lipinski definition) is 2. The molecule has 1 atom stereocenters. The maximum atomic E-state index is 12.9. The molecule has 1 unspecified atom stereocenters. The van der Waals surface area contributed by atoms with Crippen LogP contribution in [0, 0.1) is 0 Å². The van der Waals surface area contributed by atoms with Crippen molar-refractivity contribution in [1.29, 1.82) is 0 Å². The van der Waals surface area contributed by atoms with Gasteiger partial charge in [-0.1, -0.05) is 12.1 Å².